The number of pyridine rings is 1. The molecule has 19 heavy (non-hydrogen) atoms. The molecule has 96 valence electrons. The van der Waals surface area contributed by atoms with E-state index < -0.39 is 0 Å². The molecule has 6 heteroatoms. The third kappa shape index (κ3) is 2.34. The van der Waals surface area contributed by atoms with Crippen LogP contribution < -0.4 is 10.2 Å². The van der Waals surface area contributed by atoms with Crippen LogP contribution in [0.1, 0.15) is 0 Å². The van der Waals surface area contributed by atoms with Crippen LogP contribution in [0.2, 0.25) is 0 Å². The van der Waals surface area contributed by atoms with Gasteiger partial charge in [0.2, 0.25) is 0 Å². The van der Waals surface area contributed by atoms with Gasteiger partial charge in [-0.3, -0.25) is 0 Å². The van der Waals surface area contributed by atoms with Crippen molar-refractivity contribution in [3.8, 4) is 0 Å². The molecule has 0 aromatic carbocycles. The molecule has 1 N–H and O–H groups in total. The van der Waals surface area contributed by atoms with Crippen molar-refractivity contribution in [3.05, 3.63) is 36.1 Å². The zero-order chi connectivity index (χ0) is 13.2. The highest BCUT2D eigenvalue weighted by Crippen LogP contribution is 2.26. The van der Waals surface area contributed by atoms with Crippen LogP contribution in [0.4, 0.5) is 17.3 Å². The van der Waals surface area contributed by atoms with Crippen molar-refractivity contribution >= 4 is 38.9 Å². The maximum absolute atomic E-state index is 4.36. The molecule has 0 aliphatic rings. The zero-order valence-electron chi connectivity index (χ0n) is 10.7. The van der Waals surface area contributed by atoms with E-state index in [2.05, 4.69) is 20.3 Å². The lowest BCUT2D eigenvalue weighted by atomic mass is 10.3. The number of hydrogen-bond donors (Lipinski definition) is 1. The van der Waals surface area contributed by atoms with E-state index in [1.165, 1.54) is 0 Å². The molecule has 5 nitrogen and oxygen atoms in total. The fraction of sp³-hybridized carbons (Fsp3) is 0.154. The van der Waals surface area contributed by atoms with Crippen molar-refractivity contribution in [1.29, 1.82) is 0 Å². The molecular weight excluding hydrogens is 258 g/mol. The predicted octanol–water partition coefficient (Wildman–Crippen LogP) is 2.90. The summed E-state index contributed by atoms with van der Waals surface area (Å²) in [5.74, 6) is 1.74. The van der Waals surface area contributed by atoms with Crippen LogP contribution in [0.3, 0.4) is 0 Å². The Morgan fingerprint density at radius 2 is 2.00 bits per heavy atom. The highest BCUT2D eigenvalue weighted by molar-refractivity contribution is 7.16. The monoisotopic (exact) mass is 271 g/mol. The van der Waals surface area contributed by atoms with Gasteiger partial charge in [0.1, 0.15) is 22.8 Å². The second-order valence-electron chi connectivity index (χ2n) is 4.29. The second kappa shape index (κ2) is 4.81. The molecule has 0 amide bonds. The van der Waals surface area contributed by atoms with E-state index in [0.717, 1.165) is 27.5 Å². The first-order valence-electron chi connectivity index (χ1n) is 5.82. The van der Waals surface area contributed by atoms with E-state index in [-0.39, 0.29) is 0 Å². The van der Waals surface area contributed by atoms with Gasteiger partial charge in [0.15, 0.2) is 0 Å². The number of thiophene rings is 1. The molecule has 0 spiro atoms. The van der Waals surface area contributed by atoms with Gasteiger partial charge in [0, 0.05) is 14.1 Å². The topological polar surface area (TPSA) is 53.9 Å². The second-order valence-corrected chi connectivity index (χ2v) is 5.18. The lowest BCUT2D eigenvalue weighted by Gasteiger charge is -2.12. The van der Waals surface area contributed by atoms with E-state index in [0.29, 0.717) is 0 Å². The summed E-state index contributed by atoms with van der Waals surface area (Å²) in [7, 11) is 3.93. The van der Waals surface area contributed by atoms with E-state index >= 15 is 0 Å². The van der Waals surface area contributed by atoms with Crippen LogP contribution in [0.25, 0.3) is 10.2 Å². The Bertz CT molecular complexity index is 690. The van der Waals surface area contributed by atoms with Gasteiger partial charge in [-0.1, -0.05) is 0 Å². The van der Waals surface area contributed by atoms with E-state index in [9.17, 15) is 0 Å². The summed E-state index contributed by atoms with van der Waals surface area (Å²) in [4.78, 5) is 15.8. The maximum Gasteiger partial charge on any atom is 0.142 e. The SMILES string of the molecule is CN(C)c1ccc(Nc2ncnc3sccc23)cn1. The molecule has 0 unspecified atom stereocenters. The molecule has 3 aromatic rings. The molecule has 3 aromatic heterocycles. The molecule has 0 saturated carbocycles. The fourth-order valence-electron chi connectivity index (χ4n) is 1.75. The number of aromatic nitrogens is 3. The molecule has 0 bridgehead atoms. The predicted molar refractivity (Wildman–Crippen MR) is 79.3 cm³/mol. The summed E-state index contributed by atoms with van der Waals surface area (Å²) in [5.41, 5.74) is 0.914. The third-order valence-corrected chi connectivity index (χ3v) is 3.55. The average Bonchev–Trinajstić information content (AvgIpc) is 2.89. The Morgan fingerprint density at radius 1 is 1.11 bits per heavy atom. The highest BCUT2D eigenvalue weighted by Gasteiger charge is 2.05. The Kier molecular flexibility index (Phi) is 3.00. The van der Waals surface area contributed by atoms with Crippen LogP contribution in [0.15, 0.2) is 36.1 Å². The molecule has 0 aliphatic heterocycles. The van der Waals surface area contributed by atoms with Crippen LogP contribution in [-0.2, 0) is 0 Å². The Balaban J connectivity index is 1.90. The molecular formula is C13H13N5S. The van der Waals surface area contributed by atoms with Crippen molar-refractivity contribution in [2.45, 2.75) is 0 Å². The molecule has 3 rings (SSSR count). The van der Waals surface area contributed by atoms with Gasteiger partial charge >= 0.3 is 0 Å². The smallest absolute Gasteiger partial charge is 0.142 e. The summed E-state index contributed by atoms with van der Waals surface area (Å²) in [6.45, 7) is 0. The summed E-state index contributed by atoms with van der Waals surface area (Å²) in [5, 5.41) is 6.32. The quantitative estimate of drug-likeness (QED) is 0.793. The third-order valence-electron chi connectivity index (χ3n) is 2.73. The fourth-order valence-corrected chi connectivity index (χ4v) is 2.48. The number of rotatable bonds is 3. The largest absolute Gasteiger partial charge is 0.363 e. The van der Waals surface area contributed by atoms with Gasteiger partial charge in [-0.15, -0.1) is 11.3 Å². The Hall–Kier alpha value is -2.21. The van der Waals surface area contributed by atoms with Gasteiger partial charge in [-0.25, -0.2) is 15.0 Å². The minimum atomic E-state index is 0.811. The van der Waals surface area contributed by atoms with Crippen LogP contribution in [0.5, 0.6) is 0 Å². The molecule has 3 heterocycles. The van der Waals surface area contributed by atoms with Crippen molar-refractivity contribution < 1.29 is 0 Å². The normalized spacial score (nSPS) is 10.6. The zero-order valence-corrected chi connectivity index (χ0v) is 11.5. The van der Waals surface area contributed by atoms with Gasteiger partial charge in [-0.05, 0) is 23.6 Å². The van der Waals surface area contributed by atoms with Gasteiger partial charge in [0.25, 0.3) is 0 Å². The van der Waals surface area contributed by atoms with Crippen molar-refractivity contribution in [3.63, 3.8) is 0 Å². The molecule has 0 radical (unpaired) electrons. The van der Waals surface area contributed by atoms with Crippen molar-refractivity contribution in [2.24, 2.45) is 0 Å². The lowest BCUT2D eigenvalue weighted by Crippen LogP contribution is -2.10. The van der Waals surface area contributed by atoms with Gasteiger partial charge in [0.05, 0.1) is 17.3 Å². The molecule has 0 fully saturated rings. The molecule has 0 aliphatic carbocycles. The van der Waals surface area contributed by atoms with E-state index in [1.54, 1.807) is 23.9 Å². The number of fused-ring (bicyclic) bond motifs is 1. The van der Waals surface area contributed by atoms with Gasteiger partial charge in [-0.2, -0.15) is 0 Å². The minimum absolute atomic E-state index is 0.811. The van der Waals surface area contributed by atoms with Gasteiger partial charge < -0.3 is 10.2 Å². The van der Waals surface area contributed by atoms with Crippen molar-refractivity contribution in [1.82, 2.24) is 15.0 Å². The van der Waals surface area contributed by atoms with Crippen LogP contribution in [0, 0.1) is 0 Å². The standard InChI is InChI=1S/C13H13N5S/c1-18(2)11-4-3-9(7-14-11)17-12-10-5-6-19-13(10)16-8-15-12/h3-8H,1-2H3,(H,15,16,17). The number of hydrogen-bond acceptors (Lipinski definition) is 6. The maximum atomic E-state index is 4.36. The summed E-state index contributed by atoms with van der Waals surface area (Å²) >= 11 is 1.61. The number of nitrogens with one attached hydrogen (secondary N) is 1. The first-order valence-corrected chi connectivity index (χ1v) is 6.70. The number of nitrogens with zero attached hydrogens (tertiary/aromatic N) is 4. The van der Waals surface area contributed by atoms with E-state index in [1.807, 2.05) is 42.6 Å². The first kappa shape index (κ1) is 11.9. The Labute approximate surface area is 115 Å². The Morgan fingerprint density at radius 3 is 2.74 bits per heavy atom. The summed E-state index contributed by atoms with van der Waals surface area (Å²) < 4.78 is 0. The summed E-state index contributed by atoms with van der Waals surface area (Å²) in [6, 6.07) is 5.97. The van der Waals surface area contributed by atoms with Crippen molar-refractivity contribution in [2.75, 3.05) is 24.3 Å². The molecule has 0 atom stereocenters. The minimum Gasteiger partial charge on any atom is -0.363 e. The van der Waals surface area contributed by atoms with Crippen LogP contribution in [-0.4, -0.2) is 29.0 Å². The number of anilines is 3. The highest BCUT2D eigenvalue weighted by atomic mass is 32.1. The first-order chi connectivity index (χ1) is 9.24. The van der Waals surface area contributed by atoms with E-state index in [4.69, 9.17) is 0 Å². The average molecular weight is 271 g/mol. The summed E-state index contributed by atoms with van der Waals surface area (Å²) in [6.07, 6.45) is 3.37. The van der Waals surface area contributed by atoms with Crippen LogP contribution >= 0.6 is 11.3 Å². The molecule has 0 saturated heterocycles. The lowest BCUT2D eigenvalue weighted by molar-refractivity contribution is 1.07.